The second-order valence-electron chi connectivity index (χ2n) is 5.47. The lowest BCUT2D eigenvalue weighted by atomic mass is 9.94. The normalized spacial score (nSPS) is 13.5. The quantitative estimate of drug-likeness (QED) is 0.655. The Morgan fingerprint density at radius 3 is 2.08 bits per heavy atom. The summed E-state index contributed by atoms with van der Waals surface area (Å²) >= 11 is 6.15. The van der Waals surface area contributed by atoms with E-state index in [1.807, 2.05) is 24.3 Å². The first-order valence-electron chi connectivity index (χ1n) is 7.36. The van der Waals surface area contributed by atoms with Crippen LogP contribution in [0, 0.1) is 0 Å². The largest absolute Gasteiger partial charge is 0.495 e. The summed E-state index contributed by atoms with van der Waals surface area (Å²) < 4.78 is 5.12. The average molecular weight is 338 g/mol. The van der Waals surface area contributed by atoms with Gasteiger partial charge >= 0.3 is 0 Å². The zero-order chi connectivity index (χ0) is 16.8. The van der Waals surface area contributed by atoms with Crippen LogP contribution in [0.1, 0.15) is 20.7 Å². The number of carbonyl (C=O) groups is 2. The number of rotatable bonds is 2. The van der Waals surface area contributed by atoms with Crippen molar-refractivity contribution in [3.63, 3.8) is 0 Å². The maximum atomic E-state index is 12.9. The van der Waals surface area contributed by atoms with Crippen molar-refractivity contribution in [2.24, 2.45) is 0 Å². The minimum Gasteiger partial charge on any atom is -0.495 e. The zero-order valence-corrected chi connectivity index (χ0v) is 13.5. The molecule has 1 heterocycles. The molecule has 0 fully saturated rings. The van der Waals surface area contributed by atoms with E-state index in [2.05, 4.69) is 0 Å². The first kappa shape index (κ1) is 14.7. The zero-order valence-electron chi connectivity index (χ0n) is 12.7. The number of hydrogen-bond donors (Lipinski definition) is 0. The van der Waals surface area contributed by atoms with Gasteiger partial charge in [-0.2, -0.15) is 0 Å². The van der Waals surface area contributed by atoms with Gasteiger partial charge in [0.1, 0.15) is 5.75 Å². The van der Waals surface area contributed by atoms with E-state index in [1.165, 1.54) is 7.11 Å². The van der Waals surface area contributed by atoms with Gasteiger partial charge < -0.3 is 4.74 Å². The van der Waals surface area contributed by atoms with Crippen LogP contribution < -0.4 is 9.64 Å². The molecule has 0 unspecified atom stereocenters. The summed E-state index contributed by atoms with van der Waals surface area (Å²) in [6, 6.07) is 15.7. The monoisotopic (exact) mass is 337 g/mol. The van der Waals surface area contributed by atoms with Crippen LogP contribution in [0.4, 0.5) is 5.69 Å². The SMILES string of the molecule is COc1ccc(N2C(=O)c3cccc4cccc(c34)C2=O)cc1Cl. The van der Waals surface area contributed by atoms with E-state index in [9.17, 15) is 9.59 Å². The van der Waals surface area contributed by atoms with E-state index in [0.717, 1.165) is 10.3 Å². The highest BCUT2D eigenvalue weighted by Crippen LogP contribution is 2.35. The Hall–Kier alpha value is -2.85. The Morgan fingerprint density at radius 1 is 0.917 bits per heavy atom. The molecular formula is C19H12ClNO3. The van der Waals surface area contributed by atoms with Crippen LogP contribution in [-0.2, 0) is 0 Å². The van der Waals surface area contributed by atoms with Gasteiger partial charge in [-0.3, -0.25) is 9.59 Å². The van der Waals surface area contributed by atoms with Crippen molar-refractivity contribution in [3.05, 3.63) is 70.7 Å². The molecule has 4 rings (SSSR count). The Labute approximate surface area is 143 Å². The summed E-state index contributed by atoms with van der Waals surface area (Å²) in [6.45, 7) is 0. The highest BCUT2D eigenvalue weighted by atomic mass is 35.5. The highest BCUT2D eigenvalue weighted by molar-refractivity contribution is 6.36. The van der Waals surface area contributed by atoms with E-state index in [1.54, 1.807) is 30.3 Å². The van der Waals surface area contributed by atoms with E-state index < -0.39 is 0 Å². The molecule has 0 bridgehead atoms. The Bertz CT molecular complexity index is 962. The molecule has 0 aromatic heterocycles. The molecule has 2 amide bonds. The third-order valence-electron chi connectivity index (χ3n) is 4.17. The number of nitrogens with zero attached hydrogens (tertiary/aromatic N) is 1. The standard InChI is InChI=1S/C19H12ClNO3/c1-24-16-9-8-12(10-15(16)20)21-18(22)13-6-2-4-11-5-3-7-14(17(11)13)19(21)23/h2-10H,1H3. The molecule has 4 nitrogen and oxygen atoms in total. The van der Waals surface area contributed by atoms with Gasteiger partial charge in [0.2, 0.25) is 0 Å². The first-order chi connectivity index (χ1) is 11.6. The smallest absolute Gasteiger partial charge is 0.265 e. The second kappa shape index (κ2) is 5.35. The maximum Gasteiger partial charge on any atom is 0.265 e. The van der Waals surface area contributed by atoms with Crippen molar-refractivity contribution in [1.29, 1.82) is 0 Å². The predicted octanol–water partition coefficient (Wildman–Crippen LogP) is 4.30. The maximum absolute atomic E-state index is 12.9. The van der Waals surface area contributed by atoms with Gasteiger partial charge in [0.25, 0.3) is 11.8 Å². The van der Waals surface area contributed by atoms with Crippen LogP contribution >= 0.6 is 11.6 Å². The molecule has 0 saturated carbocycles. The molecule has 24 heavy (non-hydrogen) atoms. The van der Waals surface area contributed by atoms with Crippen LogP contribution in [-0.4, -0.2) is 18.9 Å². The van der Waals surface area contributed by atoms with Crippen LogP contribution in [0.2, 0.25) is 5.02 Å². The van der Waals surface area contributed by atoms with Crippen molar-refractivity contribution >= 4 is 39.9 Å². The molecule has 0 spiro atoms. The molecule has 3 aromatic rings. The Balaban J connectivity index is 1.92. The lowest BCUT2D eigenvalue weighted by Crippen LogP contribution is -2.40. The van der Waals surface area contributed by atoms with E-state index in [-0.39, 0.29) is 11.8 Å². The summed E-state index contributed by atoms with van der Waals surface area (Å²) in [6.07, 6.45) is 0. The number of anilines is 1. The number of benzene rings is 3. The minimum atomic E-state index is -0.356. The van der Waals surface area contributed by atoms with Crippen LogP contribution in [0.25, 0.3) is 10.8 Å². The molecule has 118 valence electrons. The average Bonchev–Trinajstić information content (AvgIpc) is 2.60. The van der Waals surface area contributed by atoms with Crippen molar-refractivity contribution in [1.82, 2.24) is 0 Å². The summed E-state index contributed by atoms with van der Waals surface area (Å²) in [5.41, 5.74) is 1.44. The third kappa shape index (κ3) is 2.00. The predicted molar refractivity (Wildman–Crippen MR) is 93.1 cm³/mol. The van der Waals surface area contributed by atoms with E-state index in [0.29, 0.717) is 33.0 Å². The van der Waals surface area contributed by atoms with Gasteiger partial charge in [-0.05, 0) is 35.7 Å². The van der Waals surface area contributed by atoms with Gasteiger partial charge in [-0.25, -0.2) is 4.90 Å². The van der Waals surface area contributed by atoms with Crippen molar-refractivity contribution < 1.29 is 14.3 Å². The van der Waals surface area contributed by atoms with Gasteiger partial charge in [0.15, 0.2) is 0 Å². The second-order valence-corrected chi connectivity index (χ2v) is 5.88. The van der Waals surface area contributed by atoms with Crippen molar-refractivity contribution in [2.75, 3.05) is 12.0 Å². The molecule has 0 aliphatic carbocycles. The molecule has 3 aromatic carbocycles. The van der Waals surface area contributed by atoms with Gasteiger partial charge in [-0.1, -0.05) is 35.9 Å². The molecule has 1 aliphatic heterocycles. The van der Waals surface area contributed by atoms with Crippen molar-refractivity contribution in [3.8, 4) is 5.75 Å². The number of carbonyl (C=O) groups excluding carboxylic acids is 2. The van der Waals surface area contributed by atoms with Gasteiger partial charge in [0.05, 0.1) is 17.8 Å². The summed E-state index contributed by atoms with van der Waals surface area (Å²) in [5.74, 6) is -0.226. The van der Waals surface area contributed by atoms with Gasteiger partial charge in [0, 0.05) is 16.5 Å². The fraction of sp³-hybridized carbons (Fsp3) is 0.0526. The highest BCUT2D eigenvalue weighted by Gasteiger charge is 2.33. The molecule has 0 radical (unpaired) electrons. The third-order valence-corrected chi connectivity index (χ3v) is 4.46. The van der Waals surface area contributed by atoms with Crippen molar-refractivity contribution in [2.45, 2.75) is 0 Å². The molecule has 0 saturated heterocycles. The Morgan fingerprint density at radius 2 is 1.54 bits per heavy atom. The molecule has 0 atom stereocenters. The topological polar surface area (TPSA) is 46.6 Å². The van der Waals surface area contributed by atoms with Crippen LogP contribution in [0.3, 0.4) is 0 Å². The fourth-order valence-corrected chi connectivity index (χ4v) is 3.31. The molecular weight excluding hydrogens is 326 g/mol. The lowest BCUT2D eigenvalue weighted by Gasteiger charge is -2.27. The number of halogens is 1. The first-order valence-corrected chi connectivity index (χ1v) is 7.73. The molecule has 5 heteroatoms. The van der Waals surface area contributed by atoms with E-state index >= 15 is 0 Å². The summed E-state index contributed by atoms with van der Waals surface area (Å²) in [4.78, 5) is 27.0. The summed E-state index contributed by atoms with van der Waals surface area (Å²) in [5, 5.41) is 1.91. The lowest BCUT2D eigenvalue weighted by molar-refractivity contribution is 0.0893. The van der Waals surface area contributed by atoms with E-state index in [4.69, 9.17) is 16.3 Å². The molecule has 0 N–H and O–H groups in total. The number of ether oxygens (including phenoxy) is 1. The number of methoxy groups -OCH3 is 1. The fourth-order valence-electron chi connectivity index (χ4n) is 3.06. The summed E-state index contributed by atoms with van der Waals surface area (Å²) in [7, 11) is 1.51. The minimum absolute atomic E-state index is 0.340. The number of hydrogen-bond acceptors (Lipinski definition) is 3. The number of amides is 2. The van der Waals surface area contributed by atoms with Crippen LogP contribution in [0.5, 0.6) is 5.75 Å². The van der Waals surface area contributed by atoms with Crippen LogP contribution in [0.15, 0.2) is 54.6 Å². The van der Waals surface area contributed by atoms with Gasteiger partial charge in [-0.15, -0.1) is 0 Å². The number of imide groups is 1. The molecule has 1 aliphatic rings. The Kier molecular flexibility index (Phi) is 3.28.